The highest BCUT2D eigenvalue weighted by molar-refractivity contribution is 7.98. The van der Waals surface area contributed by atoms with Crippen LogP contribution in [0.3, 0.4) is 0 Å². The minimum atomic E-state index is -0.0475. The third-order valence-electron chi connectivity index (χ3n) is 2.93. The van der Waals surface area contributed by atoms with Gasteiger partial charge in [-0.05, 0) is 55.8 Å². The lowest BCUT2D eigenvalue weighted by molar-refractivity contribution is 0.542. The molecule has 1 saturated heterocycles. The maximum absolute atomic E-state index is 13.7. The smallest absolute Gasteiger partial charge is 0.127 e. The molecule has 15 heavy (non-hydrogen) atoms. The number of benzene rings is 1. The summed E-state index contributed by atoms with van der Waals surface area (Å²) in [5, 5.41) is 3.31. The van der Waals surface area contributed by atoms with E-state index in [2.05, 4.69) is 5.32 Å². The summed E-state index contributed by atoms with van der Waals surface area (Å²) in [6.45, 7) is 2.11. The molecule has 1 N–H and O–H groups in total. The largest absolute Gasteiger partial charge is 0.316 e. The van der Waals surface area contributed by atoms with Crippen molar-refractivity contribution in [3.05, 3.63) is 29.6 Å². The molecule has 1 aromatic carbocycles. The fourth-order valence-electron chi connectivity index (χ4n) is 2.02. The van der Waals surface area contributed by atoms with Gasteiger partial charge in [-0.3, -0.25) is 0 Å². The Kier molecular flexibility index (Phi) is 3.65. The molecule has 0 spiro atoms. The summed E-state index contributed by atoms with van der Waals surface area (Å²) in [4.78, 5) is 1.00. The predicted octanol–water partition coefficient (Wildman–Crippen LogP) is 2.70. The number of rotatable bonds is 3. The van der Waals surface area contributed by atoms with E-state index in [0.29, 0.717) is 5.92 Å². The van der Waals surface area contributed by atoms with Crippen molar-refractivity contribution in [2.24, 2.45) is 5.92 Å². The molecule has 0 saturated carbocycles. The first-order valence-electron chi connectivity index (χ1n) is 5.32. The number of halogens is 1. The molecule has 1 fully saturated rings. The second kappa shape index (κ2) is 4.99. The average Bonchev–Trinajstić information content (AvgIpc) is 2.74. The van der Waals surface area contributed by atoms with Crippen molar-refractivity contribution in [2.45, 2.75) is 17.7 Å². The molecule has 82 valence electrons. The molecule has 2 rings (SSSR count). The Balaban J connectivity index is 2.07. The molecule has 0 bridgehead atoms. The quantitative estimate of drug-likeness (QED) is 0.794. The lowest BCUT2D eigenvalue weighted by Crippen LogP contribution is -2.11. The Labute approximate surface area is 94.5 Å². The van der Waals surface area contributed by atoms with Gasteiger partial charge in [-0.25, -0.2) is 4.39 Å². The first-order valence-corrected chi connectivity index (χ1v) is 6.55. The molecular weight excluding hydrogens is 209 g/mol. The second-order valence-electron chi connectivity index (χ2n) is 4.02. The van der Waals surface area contributed by atoms with Crippen molar-refractivity contribution in [3.8, 4) is 0 Å². The van der Waals surface area contributed by atoms with E-state index >= 15 is 0 Å². The number of hydrogen-bond acceptors (Lipinski definition) is 2. The van der Waals surface area contributed by atoms with Crippen LogP contribution in [0, 0.1) is 11.7 Å². The minimum absolute atomic E-state index is 0.0475. The molecule has 1 aromatic rings. The molecule has 3 heteroatoms. The average molecular weight is 225 g/mol. The maximum Gasteiger partial charge on any atom is 0.127 e. The molecule has 0 aromatic heterocycles. The van der Waals surface area contributed by atoms with Crippen LogP contribution in [0.5, 0.6) is 0 Å². The third-order valence-corrected chi connectivity index (χ3v) is 3.66. The highest BCUT2D eigenvalue weighted by Crippen LogP contribution is 2.22. The lowest BCUT2D eigenvalue weighted by atomic mass is 9.98. The van der Waals surface area contributed by atoms with E-state index in [1.165, 1.54) is 6.42 Å². The molecule has 0 amide bonds. The van der Waals surface area contributed by atoms with Crippen molar-refractivity contribution in [1.29, 1.82) is 0 Å². The van der Waals surface area contributed by atoms with Gasteiger partial charge in [0.25, 0.3) is 0 Å². The molecular formula is C12H16FNS. The van der Waals surface area contributed by atoms with Crippen LogP contribution in [-0.4, -0.2) is 19.3 Å². The summed E-state index contributed by atoms with van der Waals surface area (Å²) in [5.74, 6) is 0.563. The van der Waals surface area contributed by atoms with Gasteiger partial charge in [0.2, 0.25) is 0 Å². The van der Waals surface area contributed by atoms with Gasteiger partial charge in [0.15, 0.2) is 0 Å². The van der Waals surface area contributed by atoms with Crippen LogP contribution < -0.4 is 5.32 Å². The van der Waals surface area contributed by atoms with E-state index < -0.39 is 0 Å². The van der Waals surface area contributed by atoms with Gasteiger partial charge >= 0.3 is 0 Å². The summed E-state index contributed by atoms with van der Waals surface area (Å²) >= 11 is 1.58. The highest BCUT2D eigenvalue weighted by Gasteiger charge is 2.16. The Bertz CT molecular complexity index is 334. The summed E-state index contributed by atoms with van der Waals surface area (Å²) in [7, 11) is 0. The zero-order valence-corrected chi connectivity index (χ0v) is 9.74. The van der Waals surface area contributed by atoms with Crippen molar-refractivity contribution in [2.75, 3.05) is 19.3 Å². The SMILES string of the molecule is CSc1ccc(CC2CCNC2)c(F)c1. The minimum Gasteiger partial charge on any atom is -0.316 e. The summed E-state index contributed by atoms with van der Waals surface area (Å²) in [6, 6.07) is 5.58. The topological polar surface area (TPSA) is 12.0 Å². The molecule has 1 atom stereocenters. The zero-order valence-electron chi connectivity index (χ0n) is 8.92. The normalized spacial score (nSPS) is 20.8. The number of hydrogen-bond donors (Lipinski definition) is 1. The Morgan fingerprint density at radius 2 is 2.40 bits per heavy atom. The van der Waals surface area contributed by atoms with E-state index in [4.69, 9.17) is 0 Å². The third kappa shape index (κ3) is 2.73. The second-order valence-corrected chi connectivity index (χ2v) is 4.90. The lowest BCUT2D eigenvalue weighted by Gasteiger charge is -2.09. The van der Waals surface area contributed by atoms with Gasteiger partial charge in [-0.1, -0.05) is 6.07 Å². The maximum atomic E-state index is 13.7. The van der Waals surface area contributed by atoms with Crippen LogP contribution in [0.4, 0.5) is 4.39 Å². The van der Waals surface area contributed by atoms with E-state index in [9.17, 15) is 4.39 Å². The fourth-order valence-corrected chi connectivity index (χ4v) is 2.45. The van der Waals surface area contributed by atoms with Gasteiger partial charge in [0.05, 0.1) is 0 Å². The van der Waals surface area contributed by atoms with Gasteiger partial charge in [-0.2, -0.15) is 0 Å². The van der Waals surface area contributed by atoms with Crippen LogP contribution in [0.25, 0.3) is 0 Å². The van der Waals surface area contributed by atoms with Crippen LogP contribution in [-0.2, 0) is 6.42 Å². The predicted molar refractivity (Wildman–Crippen MR) is 62.9 cm³/mol. The van der Waals surface area contributed by atoms with Crippen LogP contribution >= 0.6 is 11.8 Å². The molecule has 1 aliphatic rings. The summed E-state index contributed by atoms with van der Waals surface area (Å²) in [6.07, 6.45) is 4.01. The van der Waals surface area contributed by atoms with Crippen LogP contribution in [0.15, 0.2) is 23.1 Å². The number of thioether (sulfide) groups is 1. The van der Waals surface area contributed by atoms with Gasteiger partial charge in [0, 0.05) is 4.90 Å². The molecule has 1 nitrogen and oxygen atoms in total. The zero-order chi connectivity index (χ0) is 10.7. The summed E-state index contributed by atoms with van der Waals surface area (Å²) < 4.78 is 13.7. The molecule has 1 heterocycles. The molecule has 0 aliphatic carbocycles. The molecule has 1 aliphatic heterocycles. The highest BCUT2D eigenvalue weighted by atomic mass is 32.2. The molecule has 0 radical (unpaired) electrons. The Morgan fingerprint density at radius 3 is 3.00 bits per heavy atom. The van der Waals surface area contributed by atoms with Gasteiger partial charge in [0.1, 0.15) is 5.82 Å². The Morgan fingerprint density at radius 1 is 1.53 bits per heavy atom. The van der Waals surface area contributed by atoms with Gasteiger partial charge < -0.3 is 5.32 Å². The summed E-state index contributed by atoms with van der Waals surface area (Å²) in [5.41, 5.74) is 0.863. The van der Waals surface area contributed by atoms with Crippen molar-refractivity contribution in [1.82, 2.24) is 5.32 Å². The van der Waals surface area contributed by atoms with Crippen molar-refractivity contribution >= 4 is 11.8 Å². The van der Waals surface area contributed by atoms with Gasteiger partial charge in [-0.15, -0.1) is 11.8 Å². The van der Waals surface area contributed by atoms with Crippen molar-refractivity contribution in [3.63, 3.8) is 0 Å². The van der Waals surface area contributed by atoms with E-state index in [0.717, 1.165) is 30.0 Å². The number of nitrogens with one attached hydrogen (secondary N) is 1. The fraction of sp³-hybridized carbons (Fsp3) is 0.500. The Hall–Kier alpha value is -0.540. The van der Waals surface area contributed by atoms with E-state index in [-0.39, 0.29) is 5.82 Å². The van der Waals surface area contributed by atoms with Crippen LogP contribution in [0.1, 0.15) is 12.0 Å². The van der Waals surface area contributed by atoms with E-state index in [1.54, 1.807) is 17.8 Å². The van der Waals surface area contributed by atoms with Crippen molar-refractivity contribution < 1.29 is 4.39 Å². The first-order chi connectivity index (χ1) is 7.29. The standard InChI is InChI=1S/C12H16FNS/c1-15-11-3-2-10(12(13)7-11)6-9-4-5-14-8-9/h2-3,7,9,14H,4-6,8H2,1H3. The van der Waals surface area contributed by atoms with Crippen LogP contribution in [0.2, 0.25) is 0 Å². The monoisotopic (exact) mass is 225 g/mol. The first kappa shape index (κ1) is 11.0. The molecule has 1 unspecified atom stereocenters. The van der Waals surface area contributed by atoms with E-state index in [1.807, 2.05) is 18.4 Å².